The van der Waals surface area contributed by atoms with Crippen LogP contribution in [0, 0.1) is 5.41 Å². The molecule has 0 bridgehead atoms. The number of benzene rings is 1. The zero-order valence-corrected chi connectivity index (χ0v) is 12.0. The molecule has 2 N–H and O–H groups in total. The highest BCUT2D eigenvalue weighted by atomic mass is 16.5. The topological polar surface area (TPSA) is 55.6 Å². The number of carbonyl (C=O) groups is 1. The smallest absolute Gasteiger partial charge is 0.257 e. The van der Waals surface area contributed by atoms with Crippen LogP contribution < -0.4 is 10.5 Å². The first kappa shape index (κ1) is 14.6. The average Bonchev–Trinajstić information content (AvgIpc) is 2.88. The van der Waals surface area contributed by atoms with Crippen molar-refractivity contribution < 1.29 is 9.53 Å². The fourth-order valence-corrected chi connectivity index (χ4v) is 2.45. The van der Waals surface area contributed by atoms with Crippen LogP contribution in [0.5, 0.6) is 5.75 Å². The fraction of sp³-hybridized carbons (Fsp3) is 0.438. The molecule has 1 amide bonds. The summed E-state index contributed by atoms with van der Waals surface area (Å²) in [4.78, 5) is 14.5. The molecule has 1 atom stereocenters. The first-order valence-electron chi connectivity index (χ1n) is 6.92. The quantitative estimate of drug-likeness (QED) is 0.836. The van der Waals surface area contributed by atoms with E-state index >= 15 is 0 Å². The van der Waals surface area contributed by atoms with E-state index < -0.39 is 0 Å². The SMILES string of the molecule is C=CCOc1ccccc1C(=O)N1CCC(C)(CN)C1. The van der Waals surface area contributed by atoms with E-state index in [1.54, 1.807) is 12.1 Å². The van der Waals surface area contributed by atoms with Gasteiger partial charge in [-0.3, -0.25) is 4.79 Å². The maximum absolute atomic E-state index is 12.6. The Morgan fingerprint density at radius 3 is 2.95 bits per heavy atom. The number of hydrogen-bond acceptors (Lipinski definition) is 3. The summed E-state index contributed by atoms with van der Waals surface area (Å²) >= 11 is 0. The molecule has 0 radical (unpaired) electrons. The minimum absolute atomic E-state index is 0.0156. The van der Waals surface area contributed by atoms with Crippen LogP contribution in [-0.2, 0) is 0 Å². The van der Waals surface area contributed by atoms with Gasteiger partial charge < -0.3 is 15.4 Å². The summed E-state index contributed by atoms with van der Waals surface area (Å²) in [6.45, 7) is 8.20. The van der Waals surface area contributed by atoms with Gasteiger partial charge in [-0.1, -0.05) is 31.7 Å². The van der Waals surface area contributed by atoms with Gasteiger partial charge in [-0.05, 0) is 30.5 Å². The number of para-hydroxylation sites is 1. The van der Waals surface area contributed by atoms with E-state index in [0.29, 0.717) is 31.0 Å². The van der Waals surface area contributed by atoms with Crippen LogP contribution in [0.1, 0.15) is 23.7 Å². The number of rotatable bonds is 5. The molecule has 4 nitrogen and oxygen atoms in total. The Morgan fingerprint density at radius 1 is 1.55 bits per heavy atom. The minimum atomic E-state index is 0.0156. The highest BCUT2D eigenvalue weighted by Gasteiger charge is 2.35. The summed E-state index contributed by atoms with van der Waals surface area (Å²) in [5, 5.41) is 0. The van der Waals surface area contributed by atoms with Crippen molar-refractivity contribution in [1.82, 2.24) is 4.90 Å². The summed E-state index contributed by atoms with van der Waals surface area (Å²) in [5.41, 5.74) is 6.43. The second kappa shape index (κ2) is 6.09. The predicted octanol–water partition coefficient (Wildman–Crippen LogP) is 2.06. The molecule has 1 aromatic carbocycles. The van der Waals surface area contributed by atoms with Crippen molar-refractivity contribution in [2.75, 3.05) is 26.2 Å². The van der Waals surface area contributed by atoms with Crippen LogP contribution in [-0.4, -0.2) is 37.0 Å². The van der Waals surface area contributed by atoms with Crippen LogP contribution in [0.3, 0.4) is 0 Å². The summed E-state index contributed by atoms with van der Waals surface area (Å²) in [5.74, 6) is 0.626. The molecule has 0 aliphatic carbocycles. The molecule has 0 aromatic heterocycles. The lowest BCUT2D eigenvalue weighted by Crippen LogP contribution is -2.34. The molecule has 4 heteroatoms. The molecule has 108 valence electrons. The van der Waals surface area contributed by atoms with E-state index in [0.717, 1.165) is 13.0 Å². The van der Waals surface area contributed by atoms with Crippen LogP contribution in [0.4, 0.5) is 0 Å². The van der Waals surface area contributed by atoms with Crippen LogP contribution >= 0.6 is 0 Å². The molecule has 1 saturated heterocycles. The zero-order valence-electron chi connectivity index (χ0n) is 12.0. The van der Waals surface area contributed by atoms with E-state index in [-0.39, 0.29) is 11.3 Å². The molecule has 1 aromatic rings. The van der Waals surface area contributed by atoms with Crippen molar-refractivity contribution in [3.63, 3.8) is 0 Å². The average molecular weight is 274 g/mol. The number of hydrogen-bond donors (Lipinski definition) is 1. The van der Waals surface area contributed by atoms with Gasteiger partial charge in [-0.15, -0.1) is 0 Å². The summed E-state index contributed by atoms with van der Waals surface area (Å²) in [7, 11) is 0. The number of nitrogens with zero attached hydrogens (tertiary/aromatic N) is 1. The summed E-state index contributed by atoms with van der Waals surface area (Å²) in [6.07, 6.45) is 2.62. The van der Waals surface area contributed by atoms with Crippen LogP contribution in [0.15, 0.2) is 36.9 Å². The van der Waals surface area contributed by atoms with Crippen molar-refractivity contribution in [2.24, 2.45) is 11.1 Å². The van der Waals surface area contributed by atoms with Gasteiger partial charge in [0.25, 0.3) is 5.91 Å². The van der Waals surface area contributed by atoms with Crippen molar-refractivity contribution >= 4 is 5.91 Å². The monoisotopic (exact) mass is 274 g/mol. The molecule has 1 fully saturated rings. The Hall–Kier alpha value is -1.81. The number of likely N-dealkylation sites (tertiary alicyclic amines) is 1. The molecular formula is C16H22N2O2. The van der Waals surface area contributed by atoms with Gasteiger partial charge in [0, 0.05) is 13.1 Å². The third kappa shape index (κ3) is 3.02. The number of nitrogens with two attached hydrogens (primary N) is 1. The van der Waals surface area contributed by atoms with Gasteiger partial charge in [-0.2, -0.15) is 0 Å². The van der Waals surface area contributed by atoms with E-state index in [1.807, 2.05) is 23.1 Å². The van der Waals surface area contributed by atoms with Gasteiger partial charge >= 0.3 is 0 Å². The Labute approximate surface area is 120 Å². The van der Waals surface area contributed by atoms with E-state index in [1.165, 1.54) is 0 Å². The second-order valence-electron chi connectivity index (χ2n) is 5.59. The number of carbonyl (C=O) groups excluding carboxylic acids is 1. The van der Waals surface area contributed by atoms with Gasteiger partial charge in [0.05, 0.1) is 5.56 Å². The van der Waals surface area contributed by atoms with E-state index in [2.05, 4.69) is 13.5 Å². The predicted molar refractivity (Wildman–Crippen MR) is 79.8 cm³/mol. The Bertz CT molecular complexity index is 501. The normalized spacial score (nSPS) is 21.8. The van der Waals surface area contributed by atoms with Gasteiger partial charge in [0.2, 0.25) is 0 Å². The molecular weight excluding hydrogens is 252 g/mol. The highest BCUT2D eigenvalue weighted by Crippen LogP contribution is 2.31. The zero-order chi connectivity index (χ0) is 14.6. The van der Waals surface area contributed by atoms with Crippen LogP contribution in [0.2, 0.25) is 0 Å². The minimum Gasteiger partial charge on any atom is -0.489 e. The standard InChI is InChI=1S/C16H22N2O2/c1-3-10-20-14-7-5-4-6-13(14)15(19)18-9-8-16(2,11-17)12-18/h3-7H,1,8-12,17H2,2H3. The van der Waals surface area contributed by atoms with E-state index in [4.69, 9.17) is 10.5 Å². The van der Waals surface area contributed by atoms with Crippen LogP contribution in [0.25, 0.3) is 0 Å². The van der Waals surface area contributed by atoms with Crippen molar-refractivity contribution in [1.29, 1.82) is 0 Å². The van der Waals surface area contributed by atoms with Crippen molar-refractivity contribution in [2.45, 2.75) is 13.3 Å². The largest absolute Gasteiger partial charge is 0.489 e. The summed E-state index contributed by atoms with van der Waals surface area (Å²) in [6, 6.07) is 7.34. The Kier molecular flexibility index (Phi) is 4.45. The first-order valence-corrected chi connectivity index (χ1v) is 6.92. The van der Waals surface area contributed by atoms with E-state index in [9.17, 15) is 4.79 Å². The Balaban J connectivity index is 2.15. The van der Waals surface area contributed by atoms with Crippen molar-refractivity contribution in [3.05, 3.63) is 42.5 Å². The molecule has 1 heterocycles. The number of amides is 1. The molecule has 20 heavy (non-hydrogen) atoms. The molecule has 1 aliphatic heterocycles. The molecule has 0 spiro atoms. The molecule has 1 unspecified atom stereocenters. The van der Waals surface area contributed by atoms with Gasteiger partial charge in [0.1, 0.15) is 12.4 Å². The third-order valence-electron chi connectivity index (χ3n) is 3.81. The molecule has 2 rings (SSSR count). The lowest BCUT2D eigenvalue weighted by atomic mass is 9.90. The number of ether oxygens (including phenoxy) is 1. The summed E-state index contributed by atoms with van der Waals surface area (Å²) < 4.78 is 5.56. The Morgan fingerprint density at radius 2 is 2.30 bits per heavy atom. The van der Waals surface area contributed by atoms with Crippen molar-refractivity contribution in [3.8, 4) is 5.75 Å². The third-order valence-corrected chi connectivity index (χ3v) is 3.81. The van der Waals surface area contributed by atoms with Gasteiger partial charge in [-0.25, -0.2) is 0 Å². The first-order chi connectivity index (χ1) is 9.59. The fourth-order valence-electron chi connectivity index (χ4n) is 2.45. The maximum atomic E-state index is 12.6. The maximum Gasteiger partial charge on any atom is 0.257 e. The lowest BCUT2D eigenvalue weighted by molar-refractivity contribution is 0.0773. The highest BCUT2D eigenvalue weighted by molar-refractivity contribution is 5.97. The van der Waals surface area contributed by atoms with Gasteiger partial charge in [0.15, 0.2) is 0 Å². The molecule has 1 aliphatic rings. The molecule has 0 saturated carbocycles. The lowest BCUT2D eigenvalue weighted by Gasteiger charge is -2.23. The second-order valence-corrected chi connectivity index (χ2v) is 5.59.